The van der Waals surface area contributed by atoms with Crippen LogP contribution in [0, 0.1) is 17.2 Å². The van der Waals surface area contributed by atoms with Crippen molar-refractivity contribution in [3.63, 3.8) is 0 Å². The summed E-state index contributed by atoms with van der Waals surface area (Å²) in [6.07, 6.45) is -0.106. The number of aliphatic hydroxyl groups excluding tert-OH is 2. The molecule has 0 aromatic carbocycles. The van der Waals surface area contributed by atoms with Crippen LogP contribution in [0.15, 0.2) is 11.6 Å². The Morgan fingerprint density at radius 1 is 1.21 bits per heavy atom. The summed E-state index contributed by atoms with van der Waals surface area (Å²) < 4.78 is 40.2. The Balaban J connectivity index is 1.78. The van der Waals surface area contributed by atoms with Crippen LogP contribution < -0.4 is 16.4 Å². The number of hydrogen-bond acceptors (Lipinski definition) is 10. The van der Waals surface area contributed by atoms with Crippen molar-refractivity contribution < 1.29 is 46.5 Å². The fraction of sp³-hybridized carbons (Fsp3) is 0.769. The number of rotatable bonds is 13. The van der Waals surface area contributed by atoms with Gasteiger partial charge in [0.25, 0.3) is 5.91 Å². The molecule has 0 aromatic heterocycles. The molecule has 1 saturated carbocycles. The molecule has 3 aliphatic rings. The van der Waals surface area contributed by atoms with Crippen LogP contribution in [0.5, 0.6) is 0 Å². The third-order valence-electron chi connectivity index (χ3n) is 8.59. The van der Waals surface area contributed by atoms with Gasteiger partial charge >= 0.3 is 10.4 Å². The van der Waals surface area contributed by atoms with Crippen molar-refractivity contribution >= 4 is 34.1 Å². The van der Waals surface area contributed by atoms with Gasteiger partial charge in [-0.3, -0.25) is 24.3 Å². The van der Waals surface area contributed by atoms with Gasteiger partial charge in [-0.1, -0.05) is 31.9 Å². The fourth-order valence-corrected chi connectivity index (χ4v) is 6.22. The second-order valence-corrected chi connectivity index (χ2v) is 12.5. The average molecular weight is 633 g/mol. The lowest BCUT2D eigenvalue weighted by Crippen LogP contribution is -2.60. The van der Waals surface area contributed by atoms with Crippen molar-refractivity contribution in [2.75, 3.05) is 33.4 Å². The van der Waals surface area contributed by atoms with Crippen molar-refractivity contribution in [1.29, 1.82) is 5.41 Å². The predicted molar refractivity (Wildman–Crippen MR) is 153 cm³/mol. The van der Waals surface area contributed by atoms with Crippen LogP contribution in [0.2, 0.25) is 0 Å². The van der Waals surface area contributed by atoms with E-state index in [-0.39, 0.29) is 37.7 Å². The predicted octanol–water partition coefficient (Wildman–Crippen LogP) is -1.91. The highest BCUT2D eigenvalue weighted by atomic mass is 32.3. The summed E-state index contributed by atoms with van der Waals surface area (Å²) in [6.45, 7) is 4.02. The van der Waals surface area contributed by atoms with Gasteiger partial charge in [0.2, 0.25) is 11.8 Å². The van der Waals surface area contributed by atoms with Crippen LogP contribution in [0.3, 0.4) is 0 Å². The SMILES string of the molecule is CCC(C)C(NC(=O)C(COS(=O)(=O)O)OC)C(=O)N1C(C(=O)NCCC2=CCN(C(=N)N)C2)CC2CC(O)C(O)CC21. The van der Waals surface area contributed by atoms with Crippen LogP contribution in [-0.4, -0.2) is 126 Å². The summed E-state index contributed by atoms with van der Waals surface area (Å²) >= 11 is 0. The largest absolute Gasteiger partial charge is 0.397 e. The van der Waals surface area contributed by atoms with E-state index in [0.29, 0.717) is 25.9 Å². The highest BCUT2D eigenvalue weighted by Crippen LogP contribution is 2.41. The van der Waals surface area contributed by atoms with Gasteiger partial charge in [-0.05, 0) is 37.5 Å². The van der Waals surface area contributed by atoms with E-state index in [9.17, 15) is 33.0 Å². The minimum Gasteiger partial charge on any atom is -0.390 e. The van der Waals surface area contributed by atoms with Crippen molar-refractivity contribution in [3.05, 3.63) is 11.6 Å². The Labute approximate surface area is 251 Å². The first-order valence-corrected chi connectivity index (χ1v) is 15.7. The number of fused-ring (bicyclic) bond motifs is 1. The first-order valence-electron chi connectivity index (χ1n) is 14.3. The van der Waals surface area contributed by atoms with E-state index in [2.05, 4.69) is 14.8 Å². The number of ether oxygens (including phenoxy) is 1. The summed E-state index contributed by atoms with van der Waals surface area (Å²) in [4.78, 5) is 43.8. The molecule has 0 radical (unpaired) electrons. The number of amides is 3. The summed E-state index contributed by atoms with van der Waals surface area (Å²) in [5, 5.41) is 33.8. The monoisotopic (exact) mass is 632 g/mol. The van der Waals surface area contributed by atoms with Gasteiger partial charge in [0.15, 0.2) is 12.1 Å². The van der Waals surface area contributed by atoms with Gasteiger partial charge in [0.1, 0.15) is 18.7 Å². The van der Waals surface area contributed by atoms with Gasteiger partial charge < -0.3 is 41.1 Å². The molecule has 8 atom stereocenters. The Morgan fingerprint density at radius 2 is 1.88 bits per heavy atom. The molecule has 244 valence electrons. The maximum Gasteiger partial charge on any atom is 0.397 e. The number of nitrogens with one attached hydrogen (secondary N) is 3. The first kappa shape index (κ1) is 34.7. The number of likely N-dealkylation sites (tertiary alicyclic amines) is 1. The molecule has 17 heteroatoms. The van der Waals surface area contributed by atoms with Gasteiger partial charge in [0.05, 0.1) is 12.2 Å². The number of carbonyl (C=O) groups excluding carboxylic acids is 3. The highest BCUT2D eigenvalue weighted by Gasteiger charge is 2.52. The molecule has 3 amide bonds. The number of methoxy groups -OCH3 is 1. The number of aliphatic hydroxyl groups is 2. The number of hydrogen-bond donors (Lipinski definition) is 7. The van der Waals surface area contributed by atoms with E-state index >= 15 is 0 Å². The molecule has 8 unspecified atom stereocenters. The van der Waals surface area contributed by atoms with Crippen molar-refractivity contribution in [3.8, 4) is 0 Å². The Morgan fingerprint density at radius 3 is 2.47 bits per heavy atom. The van der Waals surface area contributed by atoms with Crippen molar-refractivity contribution in [1.82, 2.24) is 20.4 Å². The lowest BCUT2D eigenvalue weighted by Gasteiger charge is -2.40. The topological polar surface area (TPSA) is 245 Å². The summed E-state index contributed by atoms with van der Waals surface area (Å²) in [5.74, 6) is -2.53. The average Bonchev–Trinajstić information content (AvgIpc) is 3.56. The number of carbonyl (C=O) groups is 3. The van der Waals surface area contributed by atoms with E-state index in [1.165, 1.54) is 4.90 Å². The van der Waals surface area contributed by atoms with E-state index < -0.39 is 77.1 Å². The van der Waals surface area contributed by atoms with Crippen LogP contribution in [0.25, 0.3) is 0 Å². The third-order valence-corrected chi connectivity index (χ3v) is 9.03. The van der Waals surface area contributed by atoms with Crippen LogP contribution in [0.1, 0.15) is 46.0 Å². The van der Waals surface area contributed by atoms with Crippen LogP contribution >= 0.6 is 0 Å². The summed E-state index contributed by atoms with van der Waals surface area (Å²) in [6, 6.07) is -2.62. The molecular weight excluding hydrogens is 588 g/mol. The second kappa shape index (κ2) is 14.8. The Hall–Kier alpha value is -2.83. The van der Waals surface area contributed by atoms with Gasteiger partial charge in [-0.2, -0.15) is 8.42 Å². The molecule has 2 aliphatic heterocycles. The molecule has 0 aromatic rings. The van der Waals surface area contributed by atoms with Crippen molar-refractivity contribution in [2.24, 2.45) is 17.6 Å². The van der Waals surface area contributed by atoms with Crippen molar-refractivity contribution in [2.45, 2.75) is 82.4 Å². The molecule has 8 N–H and O–H groups in total. The van der Waals surface area contributed by atoms with Crippen LogP contribution in [-0.2, 0) is 33.7 Å². The molecule has 16 nitrogen and oxygen atoms in total. The molecular formula is C26H44N6O10S. The Bertz CT molecular complexity index is 1180. The van der Waals surface area contributed by atoms with E-state index in [1.807, 2.05) is 13.0 Å². The normalized spacial score (nSPS) is 27.6. The lowest BCUT2D eigenvalue weighted by molar-refractivity contribution is -0.148. The fourth-order valence-electron chi connectivity index (χ4n) is 5.93. The van der Waals surface area contributed by atoms with E-state index in [0.717, 1.165) is 12.7 Å². The number of nitrogens with zero attached hydrogens (tertiary/aromatic N) is 2. The summed E-state index contributed by atoms with van der Waals surface area (Å²) in [5.41, 5.74) is 6.56. The molecule has 3 rings (SSSR count). The van der Waals surface area contributed by atoms with Gasteiger partial charge in [0, 0.05) is 32.8 Å². The number of nitrogens with two attached hydrogens (primary N) is 1. The van der Waals surface area contributed by atoms with Gasteiger partial charge in [-0.25, -0.2) is 4.18 Å². The third kappa shape index (κ3) is 8.86. The quantitative estimate of drug-likeness (QED) is 0.0509. The standard InChI is InChI=1S/C26H44N6O10S/c1-4-14(2)22(30-24(36)21(41-3)13-42-43(38,39)40)25(37)32-17-11-20(34)19(33)10-16(17)9-18(32)23(35)29-7-5-15-6-8-31(12-15)26(27)28/h6,14,16-22,33-34H,4-5,7-13H2,1-3H3,(H3,27,28)(H,29,35)(H,30,36)(H,38,39,40). The zero-order valence-corrected chi connectivity index (χ0v) is 25.5. The zero-order chi connectivity index (χ0) is 32.1. The molecule has 0 spiro atoms. The lowest BCUT2D eigenvalue weighted by atomic mass is 9.81. The minimum atomic E-state index is -4.85. The van der Waals surface area contributed by atoms with E-state index in [1.54, 1.807) is 11.8 Å². The molecule has 2 fully saturated rings. The summed E-state index contributed by atoms with van der Waals surface area (Å²) in [7, 11) is -3.71. The maximum atomic E-state index is 14.2. The molecule has 2 heterocycles. The molecule has 1 saturated heterocycles. The molecule has 0 bridgehead atoms. The van der Waals surface area contributed by atoms with Gasteiger partial charge in [-0.15, -0.1) is 0 Å². The second-order valence-electron chi connectivity index (χ2n) is 11.4. The number of guanidine groups is 1. The Kier molecular flexibility index (Phi) is 11.9. The van der Waals surface area contributed by atoms with E-state index in [4.69, 9.17) is 20.4 Å². The maximum absolute atomic E-state index is 14.2. The first-order chi connectivity index (χ1) is 20.2. The zero-order valence-electron chi connectivity index (χ0n) is 24.6. The highest BCUT2D eigenvalue weighted by molar-refractivity contribution is 7.80. The minimum absolute atomic E-state index is 0.0342. The molecule has 1 aliphatic carbocycles. The van der Waals surface area contributed by atoms with Crippen LogP contribution in [0.4, 0.5) is 0 Å². The molecule has 43 heavy (non-hydrogen) atoms. The smallest absolute Gasteiger partial charge is 0.390 e.